The van der Waals surface area contributed by atoms with E-state index in [2.05, 4.69) is 154 Å². The van der Waals surface area contributed by atoms with E-state index in [-0.39, 0.29) is 41.1 Å². The maximum Gasteiger partial charge on any atom is -0.0129 e. The van der Waals surface area contributed by atoms with Gasteiger partial charge in [-0.3, -0.25) is 0 Å². The molecule has 0 spiro atoms. The first-order valence-electron chi connectivity index (χ1n) is 16.6. The minimum Gasteiger partial charge on any atom is -1.00 e. The molecule has 0 amide bonds. The first kappa shape index (κ1) is 41.7. The number of aryl methyl sites for hydroxylation is 2. The minimum atomic E-state index is 0. The molecular weight excluding hydrogens is 703 g/mol. The van der Waals surface area contributed by atoms with E-state index in [0.29, 0.717) is 0 Å². The van der Waals surface area contributed by atoms with Gasteiger partial charge in [0.2, 0.25) is 0 Å². The maximum absolute atomic E-state index is 3.69. The fourth-order valence-electron chi connectivity index (χ4n) is 6.39. The van der Waals surface area contributed by atoms with Crippen molar-refractivity contribution in [2.45, 2.75) is 98.3 Å². The molecule has 0 fully saturated rings. The third-order valence-electron chi connectivity index (χ3n) is 9.11. The molecule has 48 heavy (non-hydrogen) atoms. The maximum atomic E-state index is 3.69. The van der Waals surface area contributed by atoms with Gasteiger partial charge in [-0.15, -0.1) is 16.7 Å². The Labute approximate surface area is 319 Å². The summed E-state index contributed by atoms with van der Waals surface area (Å²) in [6.07, 6.45) is 2.11. The summed E-state index contributed by atoms with van der Waals surface area (Å²) in [5, 5.41) is 0. The molecule has 0 heterocycles. The van der Waals surface area contributed by atoms with Crippen LogP contribution >= 0.6 is 0 Å². The molecule has 0 atom stereocenters. The van der Waals surface area contributed by atoms with E-state index >= 15 is 0 Å². The summed E-state index contributed by atoms with van der Waals surface area (Å²) in [5.74, 6) is 0. The van der Waals surface area contributed by atoms with Crippen molar-refractivity contribution in [1.29, 1.82) is 0 Å². The molecule has 0 saturated heterocycles. The van der Waals surface area contributed by atoms with E-state index in [4.69, 9.17) is 0 Å². The molecule has 0 radical (unpaired) electrons. The largest absolute Gasteiger partial charge is 1.00 e. The predicted octanol–water partition coefficient (Wildman–Crippen LogP) is 5.61. The van der Waals surface area contributed by atoms with Crippen LogP contribution in [0.5, 0.6) is 0 Å². The number of fused-ring (bicyclic) bond motifs is 3. The van der Waals surface area contributed by atoms with Crippen LogP contribution in [0.1, 0.15) is 99.9 Å². The molecule has 5 aromatic carbocycles. The first-order valence-corrected chi connectivity index (χ1v) is 17.9. The molecule has 252 valence electrons. The van der Waals surface area contributed by atoms with Crippen molar-refractivity contribution >= 4 is 3.21 Å². The van der Waals surface area contributed by atoms with E-state index in [1.165, 1.54) is 79.9 Å². The van der Waals surface area contributed by atoms with Crippen molar-refractivity contribution < 1.29 is 49.0 Å². The van der Waals surface area contributed by atoms with Crippen LogP contribution < -0.4 is 24.8 Å². The molecule has 1 aliphatic rings. The molecule has 0 saturated carbocycles. The third-order valence-corrected chi connectivity index (χ3v) is 11.1. The molecular formula is C45H52Cl2Zr-2. The topological polar surface area (TPSA) is 0 Å². The van der Waals surface area contributed by atoms with Gasteiger partial charge in [-0.05, 0) is 35.4 Å². The van der Waals surface area contributed by atoms with Gasteiger partial charge in [0.05, 0.1) is 0 Å². The van der Waals surface area contributed by atoms with Gasteiger partial charge in [0.15, 0.2) is 0 Å². The molecule has 0 unspecified atom stereocenters. The Kier molecular flexibility index (Phi) is 15.2. The fraction of sp³-hybridized carbons (Fsp3) is 0.333. The van der Waals surface area contributed by atoms with Gasteiger partial charge in [-0.2, -0.15) is 35.9 Å². The Morgan fingerprint density at radius 3 is 1.71 bits per heavy atom. The van der Waals surface area contributed by atoms with Crippen LogP contribution in [0.3, 0.4) is 0 Å². The van der Waals surface area contributed by atoms with E-state index in [1.807, 2.05) is 30.3 Å². The summed E-state index contributed by atoms with van der Waals surface area (Å²) in [4.78, 5) is 0. The molecule has 5 aromatic rings. The van der Waals surface area contributed by atoms with Crippen LogP contribution in [0.25, 0.3) is 11.1 Å². The molecule has 0 aliphatic heterocycles. The van der Waals surface area contributed by atoms with E-state index in [9.17, 15) is 0 Å². The summed E-state index contributed by atoms with van der Waals surface area (Å²) < 4.78 is 1.59. The second-order valence-electron chi connectivity index (χ2n) is 15.3. The van der Waals surface area contributed by atoms with Crippen molar-refractivity contribution in [2.75, 3.05) is 0 Å². The van der Waals surface area contributed by atoms with Crippen LogP contribution in [0, 0.1) is 19.9 Å². The molecule has 0 nitrogen and oxygen atoms in total. The number of rotatable bonds is 4. The zero-order valence-electron chi connectivity index (χ0n) is 30.6. The van der Waals surface area contributed by atoms with Crippen molar-refractivity contribution in [3.05, 3.63) is 160 Å². The molecule has 1 aliphatic carbocycles. The minimum absolute atomic E-state index is 0. The molecule has 6 rings (SSSR count). The predicted molar refractivity (Wildman–Crippen MR) is 197 cm³/mol. The molecule has 0 aromatic heterocycles. The van der Waals surface area contributed by atoms with Gasteiger partial charge in [-0.25, -0.2) is 12.1 Å². The van der Waals surface area contributed by atoms with Gasteiger partial charge in [0.25, 0.3) is 0 Å². The second-order valence-corrected chi connectivity index (χ2v) is 16.8. The number of hydrogen-bond acceptors (Lipinski definition) is 0. The Morgan fingerprint density at radius 2 is 1.21 bits per heavy atom. The van der Waals surface area contributed by atoms with Gasteiger partial charge in [0, 0.05) is 0 Å². The van der Waals surface area contributed by atoms with Crippen molar-refractivity contribution in [1.82, 2.24) is 0 Å². The number of benzene rings is 4. The standard InChI is InChI=1S/C23H29.C17H18.C5H5.2ClH.Zr/c1-14-9-16-11-17-10-15(2)21(23(6,7)8)13-19(17)18(16)12-20(14)22(3,4)5;1-17(2,16-11-7-4-8-12-16)14-13-15-9-5-3-6-10-15;1-2-4-5-3-1;;;/h9,12-13H,11H2,1-8H3;3-12H,13H2,1-2H3;1-5H;2*1H;/q-1;;-1;;;+2/p-2. The normalized spacial score (nSPS) is 11.8. The van der Waals surface area contributed by atoms with Crippen LogP contribution in [-0.4, -0.2) is 3.21 Å². The summed E-state index contributed by atoms with van der Waals surface area (Å²) >= 11 is 1.53. The summed E-state index contributed by atoms with van der Waals surface area (Å²) in [5.41, 5.74) is 14.6. The Balaban J connectivity index is 0.000000286. The van der Waals surface area contributed by atoms with Gasteiger partial charge in [-0.1, -0.05) is 71.6 Å². The molecule has 0 bridgehead atoms. The Hall–Kier alpha value is -2.44. The van der Waals surface area contributed by atoms with Gasteiger partial charge >= 0.3 is 125 Å². The van der Waals surface area contributed by atoms with Gasteiger partial charge in [0.1, 0.15) is 0 Å². The van der Waals surface area contributed by atoms with Crippen LogP contribution in [0.4, 0.5) is 0 Å². The van der Waals surface area contributed by atoms with Crippen molar-refractivity contribution in [2.24, 2.45) is 0 Å². The quantitative estimate of drug-likeness (QED) is 0.206. The monoisotopic (exact) mass is 752 g/mol. The first-order chi connectivity index (χ1) is 21.6. The molecule has 0 N–H and O–H groups in total. The zero-order chi connectivity index (χ0) is 33.7. The van der Waals surface area contributed by atoms with Crippen molar-refractivity contribution in [3.8, 4) is 11.1 Å². The summed E-state index contributed by atoms with van der Waals surface area (Å²) in [7, 11) is 0. The van der Waals surface area contributed by atoms with Gasteiger partial charge < -0.3 is 24.8 Å². The number of hydrogen-bond donors (Lipinski definition) is 0. The van der Waals surface area contributed by atoms with Crippen LogP contribution in [0.15, 0.2) is 109 Å². The van der Waals surface area contributed by atoms with Crippen molar-refractivity contribution in [3.63, 3.8) is 0 Å². The van der Waals surface area contributed by atoms with E-state index < -0.39 is 0 Å². The zero-order valence-corrected chi connectivity index (χ0v) is 34.5. The second kappa shape index (κ2) is 17.5. The SMILES string of the molecule is CC(C)([C](=[Zr+2])Cc1ccccc1)c1ccccc1.Cc1[c-]c2c(cc1C(C)(C)C)-c1cc(C(C)(C)C)c(C)cc1C2.[Cl-].[Cl-].c1cc[cH-]c1. The number of halogens is 2. The summed E-state index contributed by atoms with van der Waals surface area (Å²) in [6, 6.07) is 42.5. The smallest absolute Gasteiger partial charge is 0.0129 e. The molecule has 3 heteroatoms. The fourth-order valence-corrected chi connectivity index (χ4v) is 7.25. The van der Waals surface area contributed by atoms with Crippen LogP contribution in [-0.2, 0) is 53.3 Å². The Bertz CT molecular complexity index is 1650. The summed E-state index contributed by atoms with van der Waals surface area (Å²) in [6.45, 7) is 22.9. The van der Waals surface area contributed by atoms with Crippen LogP contribution in [0.2, 0.25) is 0 Å². The third kappa shape index (κ3) is 10.5. The average molecular weight is 755 g/mol. The van der Waals surface area contributed by atoms with E-state index in [0.717, 1.165) is 12.8 Å². The average Bonchev–Trinajstić information content (AvgIpc) is 3.68. The van der Waals surface area contributed by atoms with E-state index in [1.54, 1.807) is 3.21 Å². The Morgan fingerprint density at radius 1 is 0.688 bits per heavy atom.